The Labute approximate surface area is 179 Å². The van der Waals surface area contributed by atoms with E-state index in [2.05, 4.69) is 38.0 Å². The highest BCUT2D eigenvalue weighted by atomic mass is 32.2. The highest BCUT2D eigenvalue weighted by Gasteiger charge is 2.42. The van der Waals surface area contributed by atoms with Crippen molar-refractivity contribution in [1.82, 2.24) is 9.97 Å². The third kappa shape index (κ3) is 4.08. The molecule has 5 nitrogen and oxygen atoms in total. The Morgan fingerprint density at radius 1 is 1.31 bits per heavy atom. The van der Waals surface area contributed by atoms with Gasteiger partial charge in [-0.1, -0.05) is 45.5 Å². The molecule has 0 bridgehead atoms. The van der Waals surface area contributed by atoms with Crippen LogP contribution in [0.25, 0.3) is 0 Å². The number of nitrogens with zero attached hydrogens (tertiary/aromatic N) is 1. The number of nitrogens with one attached hydrogen (secondary N) is 2. The molecule has 0 spiro atoms. The largest absolute Gasteiger partial charge is 0.343 e. The number of anilines is 1. The van der Waals surface area contributed by atoms with E-state index in [0.717, 1.165) is 34.7 Å². The SMILES string of the molecule is CC(C)CCSc1nc2c(c(=O)[nH]1)[C@@H](c1cccs1)C1=C(CC(C)(C)CC1=O)N2. The third-order valence-corrected chi connectivity index (χ3v) is 7.31. The van der Waals surface area contributed by atoms with Crippen molar-refractivity contribution in [3.8, 4) is 0 Å². The van der Waals surface area contributed by atoms with Gasteiger partial charge in [-0.2, -0.15) is 0 Å². The predicted octanol–water partition coefficient (Wildman–Crippen LogP) is 5.17. The molecule has 3 heterocycles. The zero-order valence-corrected chi connectivity index (χ0v) is 18.9. The van der Waals surface area contributed by atoms with E-state index in [-0.39, 0.29) is 22.7 Å². The molecule has 0 amide bonds. The van der Waals surface area contributed by atoms with E-state index in [1.165, 1.54) is 0 Å². The van der Waals surface area contributed by atoms with Crippen LogP contribution in [0.5, 0.6) is 0 Å². The molecule has 0 radical (unpaired) electrons. The first-order valence-electron chi connectivity index (χ1n) is 10.1. The molecular weight excluding hydrogens is 402 g/mol. The normalized spacial score (nSPS) is 20.4. The smallest absolute Gasteiger partial charge is 0.257 e. The van der Waals surface area contributed by atoms with Gasteiger partial charge in [-0.3, -0.25) is 9.59 Å². The van der Waals surface area contributed by atoms with E-state index in [0.29, 0.717) is 28.9 Å². The second-order valence-electron chi connectivity index (χ2n) is 9.07. The van der Waals surface area contributed by atoms with E-state index >= 15 is 0 Å². The summed E-state index contributed by atoms with van der Waals surface area (Å²) in [4.78, 5) is 35.0. The van der Waals surface area contributed by atoms with Crippen molar-refractivity contribution in [3.05, 3.63) is 49.6 Å². The van der Waals surface area contributed by atoms with E-state index < -0.39 is 0 Å². The van der Waals surface area contributed by atoms with Crippen LogP contribution in [0.4, 0.5) is 5.82 Å². The van der Waals surface area contributed by atoms with Gasteiger partial charge in [-0.15, -0.1) is 11.3 Å². The summed E-state index contributed by atoms with van der Waals surface area (Å²) in [7, 11) is 0. The van der Waals surface area contributed by atoms with Gasteiger partial charge in [0.25, 0.3) is 5.56 Å². The number of ketones is 1. The second kappa shape index (κ2) is 7.76. The summed E-state index contributed by atoms with van der Waals surface area (Å²) >= 11 is 3.16. The molecule has 29 heavy (non-hydrogen) atoms. The average molecular weight is 430 g/mol. The number of hydrogen-bond donors (Lipinski definition) is 2. The standard InChI is InChI=1S/C22H27N3O2S2/c1-12(2)7-9-29-21-24-19-18(20(27)25-21)17(15-6-5-8-28-15)16-13(23-19)10-22(3,4)11-14(16)26/h5-6,8,12,17H,7,9-11H2,1-4H3,(H2,23,24,25,27)/t17-/m0/s1. The highest BCUT2D eigenvalue weighted by molar-refractivity contribution is 7.99. The Hall–Kier alpha value is -1.86. The molecule has 2 N–H and O–H groups in total. The summed E-state index contributed by atoms with van der Waals surface area (Å²) in [5.41, 5.74) is 1.97. The number of rotatable bonds is 5. The maximum absolute atomic E-state index is 13.1. The van der Waals surface area contributed by atoms with E-state index in [1.54, 1.807) is 23.1 Å². The van der Waals surface area contributed by atoms with Crippen LogP contribution in [-0.2, 0) is 4.79 Å². The summed E-state index contributed by atoms with van der Waals surface area (Å²) in [6.45, 7) is 8.61. The minimum atomic E-state index is -0.337. The van der Waals surface area contributed by atoms with Gasteiger partial charge in [-0.05, 0) is 35.6 Å². The van der Waals surface area contributed by atoms with Crippen LogP contribution in [0.3, 0.4) is 0 Å². The molecule has 154 valence electrons. The van der Waals surface area contributed by atoms with E-state index in [4.69, 9.17) is 4.98 Å². The van der Waals surface area contributed by atoms with Gasteiger partial charge >= 0.3 is 0 Å². The number of carbonyl (C=O) groups is 1. The molecule has 4 rings (SSSR count). The van der Waals surface area contributed by atoms with Crippen LogP contribution in [0.15, 0.2) is 38.7 Å². The van der Waals surface area contributed by atoms with Gasteiger partial charge in [0.15, 0.2) is 10.9 Å². The maximum atomic E-state index is 13.1. The number of fused-ring (bicyclic) bond motifs is 1. The summed E-state index contributed by atoms with van der Waals surface area (Å²) in [6, 6.07) is 3.98. The fourth-order valence-corrected chi connectivity index (χ4v) is 6.04. The van der Waals surface area contributed by atoms with Gasteiger partial charge in [0.05, 0.1) is 11.5 Å². The van der Waals surface area contributed by atoms with Crippen molar-refractivity contribution in [3.63, 3.8) is 0 Å². The molecule has 1 atom stereocenters. The summed E-state index contributed by atoms with van der Waals surface area (Å²) in [5, 5.41) is 6.00. The number of H-pyrrole nitrogens is 1. The van der Waals surface area contributed by atoms with Crippen LogP contribution >= 0.6 is 23.1 Å². The first kappa shape index (κ1) is 20.4. The fraction of sp³-hybridized carbons (Fsp3) is 0.500. The quantitative estimate of drug-likeness (QED) is 0.507. The molecule has 0 saturated carbocycles. The number of Topliss-reactive ketones (excluding diaryl/α,β-unsaturated/α-hetero) is 1. The summed E-state index contributed by atoms with van der Waals surface area (Å²) in [6.07, 6.45) is 2.34. The Bertz CT molecular complexity index is 1020. The number of thioether (sulfide) groups is 1. The van der Waals surface area contributed by atoms with Crippen LogP contribution in [-0.4, -0.2) is 21.5 Å². The van der Waals surface area contributed by atoms with E-state index in [9.17, 15) is 9.59 Å². The minimum absolute atomic E-state index is 0.101. The van der Waals surface area contributed by atoms with Crippen molar-refractivity contribution in [2.75, 3.05) is 11.1 Å². The highest BCUT2D eigenvalue weighted by Crippen LogP contribution is 2.48. The molecule has 0 aromatic carbocycles. The third-order valence-electron chi connectivity index (χ3n) is 5.46. The molecule has 0 saturated heterocycles. The van der Waals surface area contributed by atoms with Gasteiger partial charge in [0, 0.05) is 28.3 Å². The maximum Gasteiger partial charge on any atom is 0.257 e. The number of allylic oxidation sites excluding steroid dienone is 2. The van der Waals surface area contributed by atoms with Gasteiger partial charge < -0.3 is 10.3 Å². The monoisotopic (exact) mass is 429 g/mol. The van der Waals surface area contributed by atoms with Crippen LogP contribution in [0.1, 0.15) is 63.3 Å². The molecule has 2 aliphatic rings. The number of aromatic amines is 1. The lowest BCUT2D eigenvalue weighted by atomic mass is 9.70. The number of thiophene rings is 1. The van der Waals surface area contributed by atoms with Crippen LogP contribution < -0.4 is 10.9 Å². The molecular formula is C22H27N3O2S2. The Morgan fingerprint density at radius 2 is 2.10 bits per heavy atom. The molecule has 2 aromatic heterocycles. The van der Waals surface area contributed by atoms with Crippen molar-refractivity contribution in [2.45, 2.75) is 58.0 Å². The van der Waals surface area contributed by atoms with Crippen LogP contribution in [0, 0.1) is 11.3 Å². The van der Waals surface area contributed by atoms with Crippen LogP contribution in [0.2, 0.25) is 0 Å². The minimum Gasteiger partial charge on any atom is -0.343 e. The predicted molar refractivity (Wildman–Crippen MR) is 120 cm³/mol. The zero-order valence-electron chi connectivity index (χ0n) is 17.3. The van der Waals surface area contributed by atoms with Gasteiger partial charge in [0.1, 0.15) is 5.82 Å². The summed E-state index contributed by atoms with van der Waals surface area (Å²) in [5.74, 6) is 1.91. The molecule has 7 heteroatoms. The van der Waals surface area contributed by atoms with E-state index in [1.807, 2.05) is 17.5 Å². The Kier molecular flexibility index (Phi) is 5.46. The first-order chi connectivity index (χ1) is 13.7. The number of hydrogen-bond acceptors (Lipinski definition) is 6. The number of aromatic nitrogens is 2. The molecule has 1 aliphatic heterocycles. The molecule has 2 aromatic rings. The Morgan fingerprint density at radius 3 is 2.79 bits per heavy atom. The topological polar surface area (TPSA) is 74.8 Å². The number of carbonyl (C=O) groups excluding carboxylic acids is 1. The van der Waals surface area contributed by atoms with Crippen molar-refractivity contribution in [2.24, 2.45) is 11.3 Å². The first-order valence-corrected chi connectivity index (χ1v) is 12.0. The molecule has 0 unspecified atom stereocenters. The fourth-order valence-electron chi connectivity index (χ4n) is 4.09. The average Bonchev–Trinajstić information content (AvgIpc) is 3.12. The molecule has 1 aliphatic carbocycles. The lowest BCUT2D eigenvalue weighted by Gasteiger charge is -2.38. The van der Waals surface area contributed by atoms with Gasteiger partial charge in [-0.25, -0.2) is 4.98 Å². The lowest BCUT2D eigenvalue weighted by molar-refractivity contribution is -0.118. The Balaban J connectivity index is 1.79. The van der Waals surface area contributed by atoms with Crippen molar-refractivity contribution < 1.29 is 4.79 Å². The summed E-state index contributed by atoms with van der Waals surface area (Å²) < 4.78 is 0. The zero-order chi connectivity index (χ0) is 20.8. The van der Waals surface area contributed by atoms with Gasteiger partial charge in [0.2, 0.25) is 0 Å². The van der Waals surface area contributed by atoms with Crippen molar-refractivity contribution >= 4 is 34.7 Å². The lowest BCUT2D eigenvalue weighted by Crippen LogP contribution is -2.36. The molecule has 0 fully saturated rings. The van der Waals surface area contributed by atoms with Crippen molar-refractivity contribution in [1.29, 1.82) is 0 Å². The second-order valence-corrected chi connectivity index (χ2v) is 11.1.